The Labute approximate surface area is 80.0 Å². The van der Waals surface area contributed by atoms with Crippen LogP contribution in [-0.4, -0.2) is 61.1 Å². The summed E-state index contributed by atoms with van der Waals surface area (Å²) >= 11 is 0. The van der Waals surface area contributed by atoms with Crippen molar-refractivity contribution in [3.63, 3.8) is 0 Å². The van der Waals surface area contributed by atoms with Gasteiger partial charge in [-0.25, -0.2) is 0 Å². The Balaban J connectivity index is 1.98. The lowest BCUT2D eigenvalue weighted by molar-refractivity contribution is -0.0885. The number of hydroxylamine groups is 2. The maximum Gasteiger partial charge on any atom is 0.0594 e. The molecule has 4 nitrogen and oxygen atoms in total. The predicted octanol–water partition coefficient (Wildman–Crippen LogP) is 0.420. The Bertz CT molecular complexity index is 127. The van der Waals surface area contributed by atoms with Crippen molar-refractivity contribution in [3.8, 4) is 0 Å². The minimum absolute atomic E-state index is 0.711. The quantitative estimate of drug-likeness (QED) is 0.634. The minimum atomic E-state index is 0.711. The van der Waals surface area contributed by atoms with Crippen LogP contribution in [0.4, 0.5) is 0 Å². The second-order valence-electron chi connectivity index (χ2n) is 3.35. The lowest BCUT2D eigenvalue weighted by atomic mass is 10.3. The Hall–Kier alpha value is -0.160. The molecule has 4 heteroatoms. The van der Waals surface area contributed by atoms with Crippen molar-refractivity contribution in [1.82, 2.24) is 9.96 Å². The second kappa shape index (κ2) is 6.32. The van der Waals surface area contributed by atoms with Crippen LogP contribution in [0.2, 0.25) is 0 Å². The maximum atomic E-state index is 9.18. The molecule has 0 spiro atoms. The van der Waals surface area contributed by atoms with Gasteiger partial charge in [-0.1, -0.05) is 6.92 Å². The number of ether oxygens (including phenoxy) is 1. The van der Waals surface area contributed by atoms with Crippen LogP contribution in [0.1, 0.15) is 13.3 Å². The molecular formula is C9H20N2O2. The number of morpholine rings is 1. The van der Waals surface area contributed by atoms with E-state index in [4.69, 9.17) is 4.74 Å². The van der Waals surface area contributed by atoms with Gasteiger partial charge in [0.1, 0.15) is 0 Å². The van der Waals surface area contributed by atoms with E-state index in [1.807, 2.05) is 6.92 Å². The van der Waals surface area contributed by atoms with Crippen LogP contribution in [0, 0.1) is 0 Å². The van der Waals surface area contributed by atoms with E-state index in [1.165, 1.54) is 5.06 Å². The van der Waals surface area contributed by atoms with Gasteiger partial charge < -0.3 is 9.94 Å². The molecule has 1 fully saturated rings. The molecule has 0 bridgehead atoms. The van der Waals surface area contributed by atoms with Crippen LogP contribution in [0.3, 0.4) is 0 Å². The number of nitrogens with zero attached hydrogens (tertiary/aromatic N) is 2. The van der Waals surface area contributed by atoms with Crippen molar-refractivity contribution in [3.05, 3.63) is 0 Å². The average Bonchev–Trinajstić information content (AvgIpc) is 2.19. The van der Waals surface area contributed by atoms with Gasteiger partial charge >= 0.3 is 0 Å². The smallest absolute Gasteiger partial charge is 0.0594 e. The summed E-state index contributed by atoms with van der Waals surface area (Å²) in [7, 11) is 0. The van der Waals surface area contributed by atoms with Gasteiger partial charge in [-0.2, -0.15) is 5.06 Å². The van der Waals surface area contributed by atoms with Crippen LogP contribution in [0.15, 0.2) is 0 Å². The highest BCUT2D eigenvalue weighted by Gasteiger charge is 2.09. The number of hydrogen-bond donors (Lipinski definition) is 1. The summed E-state index contributed by atoms with van der Waals surface area (Å²) in [5.41, 5.74) is 0. The minimum Gasteiger partial charge on any atom is -0.379 e. The first kappa shape index (κ1) is 10.9. The molecule has 0 amide bonds. The first-order valence-corrected chi connectivity index (χ1v) is 5.07. The number of rotatable bonds is 5. The maximum absolute atomic E-state index is 9.18. The van der Waals surface area contributed by atoms with Gasteiger partial charge in [0.15, 0.2) is 0 Å². The van der Waals surface area contributed by atoms with Gasteiger partial charge in [-0.3, -0.25) is 4.90 Å². The third-order valence-electron chi connectivity index (χ3n) is 2.36. The Kier molecular flexibility index (Phi) is 5.31. The van der Waals surface area contributed by atoms with Crippen molar-refractivity contribution in [2.45, 2.75) is 13.3 Å². The van der Waals surface area contributed by atoms with E-state index in [1.54, 1.807) is 0 Å². The van der Waals surface area contributed by atoms with E-state index in [0.29, 0.717) is 6.54 Å². The lowest BCUT2D eigenvalue weighted by Gasteiger charge is -2.26. The average molecular weight is 188 g/mol. The molecule has 0 atom stereocenters. The van der Waals surface area contributed by atoms with E-state index in [9.17, 15) is 5.21 Å². The van der Waals surface area contributed by atoms with E-state index in [0.717, 1.165) is 45.8 Å². The monoisotopic (exact) mass is 188 g/mol. The summed E-state index contributed by atoms with van der Waals surface area (Å²) in [5.74, 6) is 0. The van der Waals surface area contributed by atoms with E-state index in [-0.39, 0.29) is 0 Å². The van der Waals surface area contributed by atoms with Crippen LogP contribution in [-0.2, 0) is 4.74 Å². The molecule has 1 N–H and O–H groups in total. The van der Waals surface area contributed by atoms with Crippen molar-refractivity contribution in [2.75, 3.05) is 45.9 Å². The van der Waals surface area contributed by atoms with Gasteiger partial charge in [-0.05, 0) is 13.0 Å². The third kappa shape index (κ3) is 4.57. The molecule has 0 aromatic carbocycles. The zero-order chi connectivity index (χ0) is 9.52. The zero-order valence-electron chi connectivity index (χ0n) is 8.41. The van der Waals surface area contributed by atoms with Crippen LogP contribution in [0.25, 0.3) is 0 Å². The predicted molar refractivity (Wildman–Crippen MR) is 50.9 cm³/mol. The first-order valence-electron chi connectivity index (χ1n) is 5.07. The van der Waals surface area contributed by atoms with E-state index >= 15 is 0 Å². The SMILES string of the molecule is CCN(O)CCCN1CCOCC1. The van der Waals surface area contributed by atoms with E-state index in [2.05, 4.69) is 4.90 Å². The standard InChI is InChI=1S/C9H20N2O2/c1-2-11(12)5-3-4-10-6-8-13-9-7-10/h12H,2-9H2,1H3. The summed E-state index contributed by atoms with van der Waals surface area (Å²) in [4.78, 5) is 2.38. The Morgan fingerprint density at radius 2 is 2.08 bits per heavy atom. The van der Waals surface area contributed by atoms with Gasteiger partial charge in [-0.15, -0.1) is 0 Å². The van der Waals surface area contributed by atoms with Crippen LogP contribution >= 0.6 is 0 Å². The molecule has 0 saturated carbocycles. The van der Waals surface area contributed by atoms with Gasteiger partial charge in [0.25, 0.3) is 0 Å². The zero-order valence-corrected chi connectivity index (χ0v) is 8.41. The molecule has 0 radical (unpaired) electrons. The summed E-state index contributed by atoms with van der Waals surface area (Å²) in [6.07, 6.45) is 1.03. The molecule has 0 unspecified atom stereocenters. The van der Waals surface area contributed by atoms with Crippen LogP contribution < -0.4 is 0 Å². The molecule has 13 heavy (non-hydrogen) atoms. The molecule has 1 heterocycles. The van der Waals surface area contributed by atoms with Gasteiger partial charge in [0.05, 0.1) is 13.2 Å². The van der Waals surface area contributed by atoms with Gasteiger partial charge in [0, 0.05) is 26.2 Å². The van der Waals surface area contributed by atoms with E-state index < -0.39 is 0 Å². The molecule has 1 saturated heterocycles. The highest BCUT2D eigenvalue weighted by atomic mass is 16.5. The summed E-state index contributed by atoms with van der Waals surface area (Å²) in [5, 5.41) is 10.5. The number of hydrogen-bond acceptors (Lipinski definition) is 4. The first-order chi connectivity index (χ1) is 6.33. The fourth-order valence-corrected chi connectivity index (χ4v) is 1.46. The summed E-state index contributed by atoms with van der Waals surface area (Å²) < 4.78 is 5.25. The molecular weight excluding hydrogens is 168 g/mol. The topological polar surface area (TPSA) is 35.9 Å². The van der Waals surface area contributed by atoms with Crippen molar-refractivity contribution in [1.29, 1.82) is 0 Å². The lowest BCUT2D eigenvalue weighted by Crippen LogP contribution is -2.37. The van der Waals surface area contributed by atoms with Crippen molar-refractivity contribution >= 4 is 0 Å². The molecule has 0 aliphatic carbocycles. The van der Waals surface area contributed by atoms with Crippen molar-refractivity contribution < 1.29 is 9.94 Å². The molecule has 1 rings (SSSR count). The normalized spacial score (nSPS) is 19.6. The largest absolute Gasteiger partial charge is 0.379 e. The van der Waals surface area contributed by atoms with Crippen LogP contribution in [0.5, 0.6) is 0 Å². The fourth-order valence-electron chi connectivity index (χ4n) is 1.46. The molecule has 0 aromatic heterocycles. The molecule has 0 aromatic rings. The summed E-state index contributed by atoms with van der Waals surface area (Å²) in [6.45, 7) is 8.30. The van der Waals surface area contributed by atoms with Gasteiger partial charge in [0.2, 0.25) is 0 Å². The molecule has 1 aliphatic rings. The highest BCUT2D eigenvalue weighted by Crippen LogP contribution is 1.98. The van der Waals surface area contributed by atoms with Crippen molar-refractivity contribution in [2.24, 2.45) is 0 Å². The fraction of sp³-hybridized carbons (Fsp3) is 1.00. The summed E-state index contributed by atoms with van der Waals surface area (Å²) in [6, 6.07) is 0. The molecule has 1 aliphatic heterocycles. The molecule has 78 valence electrons. The third-order valence-corrected chi connectivity index (χ3v) is 2.36. The highest BCUT2D eigenvalue weighted by molar-refractivity contribution is 4.61. The Morgan fingerprint density at radius 1 is 1.38 bits per heavy atom. The Morgan fingerprint density at radius 3 is 2.69 bits per heavy atom. The second-order valence-corrected chi connectivity index (χ2v) is 3.35.